The van der Waals surface area contributed by atoms with Crippen molar-refractivity contribution in [3.63, 3.8) is 0 Å². The second-order valence-corrected chi connectivity index (χ2v) is 5.95. The van der Waals surface area contributed by atoms with Gasteiger partial charge in [0.05, 0.1) is 12.0 Å². The minimum absolute atomic E-state index is 0.0912. The summed E-state index contributed by atoms with van der Waals surface area (Å²) in [5, 5.41) is 4.61. The largest absolute Gasteiger partial charge is 0.481 e. The molecule has 0 fully saturated rings. The molecular formula is C16H25NO4S. The zero-order valence-electron chi connectivity index (χ0n) is 13.4. The number of methoxy groups -OCH3 is 1. The maximum absolute atomic E-state index is 11.9. The third kappa shape index (κ3) is 7.45. The molecule has 1 rings (SSSR count). The van der Waals surface area contributed by atoms with Crippen LogP contribution in [0.1, 0.15) is 55.1 Å². The van der Waals surface area contributed by atoms with Gasteiger partial charge in [-0.25, -0.2) is 4.79 Å². The molecule has 0 bridgehead atoms. The SMILES string of the molecule is CCCCCCCCNC(=O)c1cc(OCC(=O)OC)cs1. The Morgan fingerprint density at radius 3 is 2.64 bits per heavy atom. The zero-order valence-corrected chi connectivity index (χ0v) is 14.2. The second kappa shape index (κ2) is 11.1. The Balaban J connectivity index is 2.20. The molecule has 0 aliphatic heterocycles. The second-order valence-electron chi connectivity index (χ2n) is 5.04. The van der Waals surface area contributed by atoms with Crippen LogP contribution in [0, 0.1) is 0 Å². The van der Waals surface area contributed by atoms with Crippen molar-refractivity contribution in [3.05, 3.63) is 16.3 Å². The highest BCUT2D eigenvalue weighted by molar-refractivity contribution is 7.12. The Hall–Kier alpha value is -1.56. The molecule has 1 heterocycles. The van der Waals surface area contributed by atoms with Crippen molar-refractivity contribution in [2.75, 3.05) is 20.3 Å². The summed E-state index contributed by atoms with van der Waals surface area (Å²) in [6.07, 6.45) is 7.20. The summed E-state index contributed by atoms with van der Waals surface area (Å²) in [4.78, 5) is 23.5. The van der Waals surface area contributed by atoms with E-state index in [4.69, 9.17) is 4.74 Å². The number of rotatable bonds is 11. The first-order chi connectivity index (χ1) is 10.7. The summed E-state index contributed by atoms with van der Waals surface area (Å²) in [5.74, 6) is -0.0214. The molecule has 6 heteroatoms. The van der Waals surface area contributed by atoms with Crippen LogP contribution < -0.4 is 10.1 Å². The maximum atomic E-state index is 11.9. The maximum Gasteiger partial charge on any atom is 0.343 e. The van der Waals surface area contributed by atoms with Crippen molar-refractivity contribution in [3.8, 4) is 5.75 Å². The van der Waals surface area contributed by atoms with Gasteiger partial charge in [0.2, 0.25) is 0 Å². The molecule has 1 aromatic heterocycles. The van der Waals surface area contributed by atoms with Crippen LogP contribution in [0.2, 0.25) is 0 Å². The highest BCUT2D eigenvalue weighted by atomic mass is 32.1. The number of nitrogens with one attached hydrogen (secondary N) is 1. The summed E-state index contributed by atoms with van der Waals surface area (Å²) >= 11 is 1.30. The number of amides is 1. The number of hydrogen-bond acceptors (Lipinski definition) is 5. The standard InChI is InChI=1S/C16H25NO4S/c1-3-4-5-6-7-8-9-17-16(19)14-10-13(12-22-14)21-11-15(18)20-2/h10,12H,3-9,11H2,1-2H3,(H,17,19). The third-order valence-electron chi connectivity index (χ3n) is 3.20. The van der Waals surface area contributed by atoms with Crippen LogP contribution in [0.3, 0.4) is 0 Å². The van der Waals surface area contributed by atoms with E-state index < -0.39 is 5.97 Å². The van der Waals surface area contributed by atoms with Gasteiger partial charge in [0.1, 0.15) is 5.75 Å². The Morgan fingerprint density at radius 2 is 1.91 bits per heavy atom. The first kappa shape index (κ1) is 18.5. The van der Waals surface area contributed by atoms with Gasteiger partial charge in [0.25, 0.3) is 5.91 Å². The average molecular weight is 327 g/mol. The van der Waals surface area contributed by atoms with E-state index in [2.05, 4.69) is 17.0 Å². The molecule has 124 valence electrons. The van der Waals surface area contributed by atoms with Crippen molar-refractivity contribution in [1.82, 2.24) is 5.32 Å². The quantitative estimate of drug-likeness (QED) is 0.500. The molecule has 0 spiro atoms. The Kier molecular flexibility index (Phi) is 9.30. The fraction of sp³-hybridized carbons (Fsp3) is 0.625. The number of hydrogen-bond donors (Lipinski definition) is 1. The molecular weight excluding hydrogens is 302 g/mol. The van der Waals surface area contributed by atoms with Crippen LogP contribution in [-0.4, -0.2) is 32.1 Å². The topological polar surface area (TPSA) is 64.6 Å². The Labute approximate surface area is 136 Å². The van der Waals surface area contributed by atoms with Gasteiger partial charge < -0.3 is 14.8 Å². The monoisotopic (exact) mass is 327 g/mol. The van der Waals surface area contributed by atoms with Crippen molar-refractivity contribution in [2.45, 2.75) is 45.4 Å². The predicted molar refractivity (Wildman–Crippen MR) is 87.5 cm³/mol. The van der Waals surface area contributed by atoms with Crippen LogP contribution in [-0.2, 0) is 9.53 Å². The molecule has 0 aliphatic carbocycles. The highest BCUT2D eigenvalue weighted by Gasteiger charge is 2.10. The van der Waals surface area contributed by atoms with E-state index in [9.17, 15) is 9.59 Å². The lowest BCUT2D eigenvalue weighted by Gasteiger charge is -2.03. The lowest BCUT2D eigenvalue weighted by molar-refractivity contribution is -0.142. The van der Waals surface area contributed by atoms with Crippen LogP contribution in [0.15, 0.2) is 11.4 Å². The molecule has 0 unspecified atom stereocenters. The van der Waals surface area contributed by atoms with Crippen molar-refractivity contribution < 1.29 is 19.1 Å². The van der Waals surface area contributed by atoms with Gasteiger partial charge in [0, 0.05) is 18.0 Å². The van der Waals surface area contributed by atoms with E-state index in [0.717, 1.165) is 12.8 Å². The van der Waals surface area contributed by atoms with Gasteiger partial charge in [0.15, 0.2) is 6.61 Å². The summed E-state index contributed by atoms with van der Waals surface area (Å²) < 4.78 is 9.71. The van der Waals surface area contributed by atoms with Crippen LogP contribution in [0.25, 0.3) is 0 Å². The predicted octanol–water partition coefficient (Wildman–Crippen LogP) is 3.39. The molecule has 1 N–H and O–H groups in total. The molecule has 22 heavy (non-hydrogen) atoms. The van der Waals surface area contributed by atoms with E-state index >= 15 is 0 Å². The first-order valence-corrected chi connectivity index (χ1v) is 8.61. The molecule has 0 atom stereocenters. The molecule has 1 amide bonds. The minimum Gasteiger partial charge on any atom is -0.481 e. The first-order valence-electron chi connectivity index (χ1n) is 7.73. The fourth-order valence-corrected chi connectivity index (χ4v) is 2.65. The summed E-state index contributed by atoms with van der Waals surface area (Å²) in [5.41, 5.74) is 0. The van der Waals surface area contributed by atoms with Gasteiger partial charge >= 0.3 is 5.97 Å². The normalized spacial score (nSPS) is 10.3. The molecule has 5 nitrogen and oxygen atoms in total. The number of carbonyl (C=O) groups excluding carboxylic acids is 2. The Bertz CT molecular complexity index is 459. The minimum atomic E-state index is -0.444. The van der Waals surface area contributed by atoms with Crippen molar-refractivity contribution in [1.29, 1.82) is 0 Å². The van der Waals surface area contributed by atoms with Crippen molar-refractivity contribution >= 4 is 23.2 Å². The average Bonchev–Trinajstić information content (AvgIpc) is 3.00. The van der Waals surface area contributed by atoms with E-state index in [1.54, 1.807) is 11.4 Å². The number of ether oxygens (including phenoxy) is 2. The third-order valence-corrected chi connectivity index (χ3v) is 4.11. The van der Waals surface area contributed by atoms with Gasteiger partial charge in [-0.3, -0.25) is 4.79 Å². The number of carbonyl (C=O) groups is 2. The fourth-order valence-electron chi connectivity index (χ4n) is 1.91. The zero-order chi connectivity index (χ0) is 16.2. The van der Waals surface area contributed by atoms with Crippen LogP contribution in [0.4, 0.5) is 0 Å². The van der Waals surface area contributed by atoms with Gasteiger partial charge in [-0.2, -0.15) is 0 Å². The van der Waals surface area contributed by atoms with Gasteiger partial charge in [-0.15, -0.1) is 11.3 Å². The van der Waals surface area contributed by atoms with Crippen LogP contribution in [0.5, 0.6) is 5.75 Å². The van der Waals surface area contributed by atoms with E-state index in [-0.39, 0.29) is 12.5 Å². The summed E-state index contributed by atoms with van der Waals surface area (Å²) in [6.45, 7) is 2.75. The van der Waals surface area contributed by atoms with Gasteiger partial charge in [-0.1, -0.05) is 39.0 Å². The Morgan fingerprint density at radius 1 is 1.18 bits per heavy atom. The highest BCUT2D eigenvalue weighted by Crippen LogP contribution is 2.21. The van der Waals surface area contributed by atoms with Crippen molar-refractivity contribution in [2.24, 2.45) is 0 Å². The number of unbranched alkanes of at least 4 members (excludes halogenated alkanes) is 5. The lowest BCUT2D eigenvalue weighted by atomic mass is 10.1. The smallest absolute Gasteiger partial charge is 0.343 e. The molecule has 0 saturated carbocycles. The van der Waals surface area contributed by atoms with E-state index in [1.807, 2.05) is 0 Å². The lowest BCUT2D eigenvalue weighted by Crippen LogP contribution is -2.23. The number of thiophene rings is 1. The van der Waals surface area contributed by atoms with Gasteiger partial charge in [-0.05, 0) is 6.42 Å². The molecule has 0 aliphatic rings. The summed E-state index contributed by atoms with van der Waals surface area (Å²) in [7, 11) is 1.31. The summed E-state index contributed by atoms with van der Waals surface area (Å²) in [6, 6.07) is 1.64. The number of esters is 1. The molecule has 1 aromatic rings. The molecule has 0 saturated heterocycles. The van der Waals surface area contributed by atoms with Crippen LogP contribution >= 0.6 is 11.3 Å². The van der Waals surface area contributed by atoms with E-state index in [1.165, 1.54) is 44.1 Å². The van der Waals surface area contributed by atoms with E-state index in [0.29, 0.717) is 17.2 Å². The molecule has 0 radical (unpaired) electrons. The molecule has 0 aromatic carbocycles.